The molecule has 136 valence electrons. The van der Waals surface area contributed by atoms with Gasteiger partial charge in [-0.3, -0.25) is 14.9 Å². The lowest BCUT2D eigenvalue weighted by atomic mass is 10.1. The number of carbonyl (C=O) groups excluding carboxylic acids is 1. The smallest absolute Gasteiger partial charge is 0.278 e. The van der Waals surface area contributed by atoms with Crippen molar-refractivity contribution >= 4 is 29.0 Å². The van der Waals surface area contributed by atoms with Crippen molar-refractivity contribution in [2.24, 2.45) is 0 Å². The molecular weight excluding hydrogens is 356 g/mol. The lowest BCUT2D eigenvalue weighted by molar-refractivity contribution is -0.384. The predicted octanol–water partition coefficient (Wildman–Crippen LogP) is 2.87. The Balaban J connectivity index is 1.60. The molecule has 1 aromatic heterocycles. The van der Waals surface area contributed by atoms with Gasteiger partial charge in [0.1, 0.15) is 0 Å². The Hall–Kier alpha value is -2.55. The molecular formula is C18H18N2O5S. The quantitative estimate of drug-likeness (QED) is 0.477. The van der Waals surface area contributed by atoms with Crippen molar-refractivity contribution in [3.63, 3.8) is 0 Å². The van der Waals surface area contributed by atoms with Gasteiger partial charge in [-0.2, -0.15) is 0 Å². The molecule has 1 aliphatic rings. The summed E-state index contributed by atoms with van der Waals surface area (Å²) in [6.07, 6.45) is 3.02. The highest BCUT2D eigenvalue weighted by Gasteiger charge is 2.16. The van der Waals surface area contributed by atoms with Crippen molar-refractivity contribution < 1.29 is 19.2 Å². The zero-order valence-electron chi connectivity index (χ0n) is 13.9. The van der Waals surface area contributed by atoms with Gasteiger partial charge in [-0.15, -0.1) is 11.3 Å². The van der Waals surface area contributed by atoms with Crippen LogP contribution in [-0.2, 0) is 14.3 Å². The Morgan fingerprint density at radius 1 is 1.31 bits per heavy atom. The summed E-state index contributed by atoms with van der Waals surface area (Å²) in [6.45, 7) is 2.01. The Morgan fingerprint density at radius 2 is 2.15 bits per heavy atom. The van der Waals surface area contributed by atoms with Gasteiger partial charge in [-0.25, -0.2) is 0 Å². The van der Waals surface area contributed by atoms with Crippen LogP contribution in [0.5, 0.6) is 0 Å². The van der Waals surface area contributed by atoms with E-state index in [-0.39, 0.29) is 17.7 Å². The fourth-order valence-corrected chi connectivity index (χ4v) is 3.46. The molecule has 1 aromatic carbocycles. The van der Waals surface area contributed by atoms with E-state index in [1.54, 1.807) is 24.3 Å². The van der Waals surface area contributed by atoms with E-state index < -0.39 is 4.92 Å². The highest BCUT2D eigenvalue weighted by atomic mass is 32.1. The van der Waals surface area contributed by atoms with Crippen LogP contribution in [0.4, 0.5) is 5.69 Å². The summed E-state index contributed by atoms with van der Waals surface area (Å²) >= 11 is 1.39. The van der Waals surface area contributed by atoms with Crippen LogP contribution in [0.1, 0.15) is 4.88 Å². The van der Waals surface area contributed by atoms with E-state index >= 15 is 0 Å². The van der Waals surface area contributed by atoms with Crippen molar-refractivity contribution in [2.75, 3.05) is 26.4 Å². The van der Waals surface area contributed by atoms with Crippen LogP contribution in [-0.4, -0.2) is 43.3 Å². The first-order valence-electron chi connectivity index (χ1n) is 8.12. The first kappa shape index (κ1) is 18.2. The summed E-state index contributed by atoms with van der Waals surface area (Å²) in [6, 6.07) is 10.3. The molecule has 1 saturated heterocycles. The van der Waals surface area contributed by atoms with Crippen LogP contribution in [0.15, 0.2) is 42.5 Å². The summed E-state index contributed by atoms with van der Waals surface area (Å²) < 4.78 is 10.7. The first-order valence-corrected chi connectivity index (χ1v) is 8.94. The molecule has 0 aliphatic carbocycles. The van der Waals surface area contributed by atoms with Gasteiger partial charge < -0.3 is 14.8 Å². The minimum Gasteiger partial charge on any atom is -0.376 e. The average molecular weight is 374 g/mol. The largest absolute Gasteiger partial charge is 0.376 e. The Morgan fingerprint density at radius 3 is 2.92 bits per heavy atom. The van der Waals surface area contributed by atoms with E-state index in [1.807, 2.05) is 12.1 Å². The van der Waals surface area contributed by atoms with Gasteiger partial charge in [0.25, 0.3) is 5.69 Å². The minimum atomic E-state index is -0.394. The number of ether oxygens (including phenoxy) is 2. The summed E-state index contributed by atoms with van der Waals surface area (Å²) in [4.78, 5) is 24.3. The zero-order valence-corrected chi connectivity index (χ0v) is 14.7. The van der Waals surface area contributed by atoms with Crippen molar-refractivity contribution in [1.29, 1.82) is 0 Å². The molecule has 0 spiro atoms. The Labute approximate surface area is 154 Å². The number of thiophene rings is 1. The van der Waals surface area contributed by atoms with Crippen molar-refractivity contribution in [1.82, 2.24) is 5.32 Å². The standard InChI is InChI=1S/C18H18N2O5S/c21-18(19-11-13-12-24-9-10-25-13)8-6-14-5-7-17(26-14)15-3-1-2-4-16(15)20(22)23/h1-8,13H,9-12H2,(H,19,21)/b8-6+. The molecule has 0 radical (unpaired) electrons. The van der Waals surface area contributed by atoms with E-state index in [1.165, 1.54) is 23.5 Å². The minimum absolute atomic E-state index is 0.0670. The maximum Gasteiger partial charge on any atom is 0.278 e. The number of rotatable bonds is 6. The number of nitrogens with one attached hydrogen (secondary N) is 1. The van der Waals surface area contributed by atoms with E-state index in [4.69, 9.17) is 9.47 Å². The second-order valence-corrected chi connectivity index (χ2v) is 6.74. The number of nitrogens with zero attached hydrogens (tertiary/aromatic N) is 1. The number of nitro groups is 1. The van der Waals surface area contributed by atoms with Gasteiger partial charge in [-0.1, -0.05) is 12.1 Å². The van der Waals surface area contributed by atoms with Crippen LogP contribution >= 0.6 is 11.3 Å². The van der Waals surface area contributed by atoms with Gasteiger partial charge >= 0.3 is 0 Å². The van der Waals surface area contributed by atoms with Crippen LogP contribution in [0.3, 0.4) is 0 Å². The Bertz CT molecular complexity index is 811. The third-order valence-electron chi connectivity index (χ3n) is 3.78. The molecule has 1 aliphatic heterocycles. The summed E-state index contributed by atoms with van der Waals surface area (Å²) in [5.41, 5.74) is 0.637. The molecule has 1 fully saturated rings. The topological polar surface area (TPSA) is 90.7 Å². The second-order valence-electron chi connectivity index (χ2n) is 5.62. The van der Waals surface area contributed by atoms with E-state index in [9.17, 15) is 14.9 Å². The maximum absolute atomic E-state index is 11.9. The number of para-hydroxylation sites is 1. The summed E-state index contributed by atoms with van der Waals surface area (Å²) in [5, 5.41) is 13.9. The van der Waals surface area contributed by atoms with Gasteiger partial charge in [0.2, 0.25) is 5.91 Å². The van der Waals surface area contributed by atoms with Crippen LogP contribution in [0.25, 0.3) is 16.5 Å². The monoisotopic (exact) mass is 374 g/mol. The number of hydrogen-bond donors (Lipinski definition) is 1. The van der Waals surface area contributed by atoms with Crippen molar-refractivity contribution in [3.8, 4) is 10.4 Å². The maximum atomic E-state index is 11.9. The van der Waals surface area contributed by atoms with E-state index in [2.05, 4.69) is 5.32 Å². The average Bonchev–Trinajstić information content (AvgIpc) is 3.14. The zero-order chi connectivity index (χ0) is 18.4. The molecule has 0 bridgehead atoms. The molecule has 2 aromatic rings. The van der Waals surface area contributed by atoms with Crippen LogP contribution in [0.2, 0.25) is 0 Å². The Kier molecular flexibility index (Phi) is 6.11. The third kappa shape index (κ3) is 4.75. The van der Waals surface area contributed by atoms with Crippen molar-refractivity contribution in [3.05, 3.63) is 57.5 Å². The highest BCUT2D eigenvalue weighted by Crippen LogP contribution is 2.34. The molecule has 1 amide bonds. The van der Waals surface area contributed by atoms with Crippen LogP contribution < -0.4 is 5.32 Å². The molecule has 1 atom stereocenters. The molecule has 7 nitrogen and oxygen atoms in total. The van der Waals surface area contributed by atoms with E-state index in [0.29, 0.717) is 31.9 Å². The molecule has 3 rings (SSSR count). The van der Waals surface area contributed by atoms with Gasteiger partial charge in [0.05, 0.1) is 36.4 Å². The summed E-state index contributed by atoms with van der Waals surface area (Å²) in [5.74, 6) is -0.222. The lowest BCUT2D eigenvalue weighted by Gasteiger charge is -2.22. The predicted molar refractivity (Wildman–Crippen MR) is 99.0 cm³/mol. The highest BCUT2D eigenvalue weighted by molar-refractivity contribution is 7.16. The van der Waals surface area contributed by atoms with Gasteiger partial charge in [0, 0.05) is 28.4 Å². The molecule has 8 heteroatoms. The molecule has 1 N–H and O–H groups in total. The van der Waals surface area contributed by atoms with Gasteiger partial charge in [0.15, 0.2) is 0 Å². The number of benzene rings is 1. The molecule has 0 saturated carbocycles. The molecule has 2 heterocycles. The number of carbonyl (C=O) groups is 1. The third-order valence-corrected chi connectivity index (χ3v) is 4.86. The number of amides is 1. The normalized spacial score (nSPS) is 17.3. The number of hydrogen-bond acceptors (Lipinski definition) is 6. The first-order chi connectivity index (χ1) is 12.6. The van der Waals surface area contributed by atoms with Crippen molar-refractivity contribution in [2.45, 2.75) is 6.10 Å². The van der Waals surface area contributed by atoms with Gasteiger partial charge in [-0.05, 0) is 24.3 Å². The number of nitro benzene ring substituents is 1. The lowest BCUT2D eigenvalue weighted by Crippen LogP contribution is -2.39. The van der Waals surface area contributed by atoms with E-state index in [0.717, 1.165) is 9.75 Å². The molecule has 1 unspecified atom stereocenters. The SMILES string of the molecule is O=C(/C=C/c1ccc(-c2ccccc2[N+](=O)[O-])s1)NCC1COCCO1. The second kappa shape index (κ2) is 8.70. The molecule has 26 heavy (non-hydrogen) atoms. The van der Waals surface area contributed by atoms with Crippen LogP contribution in [0, 0.1) is 10.1 Å². The fraction of sp³-hybridized carbons (Fsp3) is 0.278. The fourth-order valence-electron chi connectivity index (χ4n) is 2.51. The summed E-state index contributed by atoms with van der Waals surface area (Å²) in [7, 11) is 0.